The number of para-hydroxylation sites is 1. The fraction of sp³-hybridized carbons (Fsp3) is 0.200. The molecular formula is C15H15ClN2O2. The molecule has 5 heteroatoms. The first-order valence-electron chi connectivity index (χ1n) is 6.25. The van der Waals surface area contributed by atoms with Crippen molar-refractivity contribution in [1.29, 1.82) is 0 Å². The van der Waals surface area contributed by atoms with E-state index in [0.29, 0.717) is 10.6 Å². The molecule has 0 fully saturated rings. The first-order valence-corrected chi connectivity index (χ1v) is 6.63. The van der Waals surface area contributed by atoms with Crippen LogP contribution in [0.5, 0.6) is 0 Å². The molecule has 0 aliphatic carbocycles. The van der Waals surface area contributed by atoms with Crippen LogP contribution in [0.25, 0.3) is 0 Å². The smallest absolute Gasteiger partial charge is 0.274 e. The van der Waals surface area contributed by atoms with Crippen LogP contribution in [0, 0.1) is 17.0 Å². The Kier molecular flexibility index (Phi) is 4.25. The summed E-state index contributed by atoms with van der Waals surface area (Å²) in [7, 11) is 0. The molecule has 0 amide bonds. The van der Waals surface area contributed by atoms with Crippen LogP contribution < -0.4 is 5.32 Å². The van der Waals surface area contributed by atoms with Gasteiger partial charge >= 0.3 is 0 Å². The van der Waals surface area contributed by atoms with E-state index in [2.05, 4.69) is 5.32 Å². The number of nitro groups is 1. The highest BCUT2D eigenvalue weighted by molar-refractivity contribution is 6.30. The summed E-state index contributed by atoms with van der Waals surface area (Å²) < 4.78 is 0. The summed E-state index contributed by atoms with van der Waals surface area (Å²) >= 11 is 5.92. The molecule has 1 N–H and O–H groups in total. The fourth-order valence-corrected chi connectivity index (χ4v) is 2.35. The topological polar surface area (TPSA) is 55.2 Å². The summed E-state index contributed by atoms with van der Waals surface area (Å²) in [6.45, 7) is 3.84. The van der Waals surface area contributed by atoms with E-state index in [1.54, 1.807) is 24.3 Å². The van der Waals surface area contributed by atoms with Gasteiger partial charge < -0.3 is 5.32 Å². The molecule has 0 heterocycles. The van der Waals surface area contributed by atoms with Gasteiger partial charge in [-0.3, -0.25) is 10.1 Å². The largest absolute Gasteiger partial charge is 0.378 e. The van der Waals surface area contributed by atoms with Crippen LogP contribution in [0.2, 0.25) is 5.02 Å². The third-order valence-electron chi connectivity index (χ3n) is 3.16. The maximum atomic E-state index is 11.1. The Labute approximate surface area is 122 Å². The second kappa shape index (κ2) is 5.92. The van der Waals surface area contributed by atoms with Crippen molar-refractivity contribution < 1.29 is 4.92 Å². The molecule has 4 nitrogen and oxygen atoms in total. The molecule has 0 saturated heterocycles. The van der Waals surface area contributed by atoms with Crippen LogP contribution in [-0.2, 0) is 0 Å². The van der Waals surface area contributed by atoms with E-state index in [9.17, 15) is 10.1 Å². The van der Waals surface area contributed by atoms with Gasteiger partial charge in [-0.2, -0.15) is 0 Å². The van der Waals surface area contributed by atoms with Crippen molar-refractivity contribution in [3.8, 4) is 0 Å². The molecule has 2 aromatic carbocycles. The average Bonchev–Trinajstić information content (AvgIpc) is 2.41. The number of hydrogen-bond donors (Lipinski definition) is 1. The van der Waals surface area contributed by atoms with E-state index in [0.717, 1.165) is 11.3 Å². The first kappa shape index (κ1) is 14.3. The zero-order valence-corrected chi connectivity index (χ0v) is 12.0. The van der Waals surface area contributed by atoms with Crippen LogP contribution in [0.1, 0.15) is 24.1 Å². The van der Waals surface area contributed by atoms with Gasteiger partial charge in [-0.15, -0.1) is 0 Å². The number of nitrogens with zero attached hydrogens (tertiary/aromatic N) is 1. The number of hydrogen-bond acceptors (Lipinski definition) is 3. The van der Waals surface area contributed by atoms with E-state index in [1.165, 1.54) is 6.07 Å². The summed E-state index contributed by atoms with van der Waals surface area (Å²) in [4.78, 5) is 10.7. The van der Waals surface area contributed by atoms with Gasteiger partial charge in [-0.25, -0.2) is 0 Å². The molecule has 20 heavy (non-hydrogen) atoms. The molecule has 2 rings (SSSR count). The molecule has 1 unspecified atom stereocenters. The van der Waals surface area contributed by atoms with Crippen molar-refractivity contribution in [2.75, 3.05) is 5.32 Å². The van der Waals surface area contributed by atoms with E-state index >= 15 is 0 Å². The maximum Gasteiger partial charge on any atom is 0.274 e. The Bertz CT molecular complexity index is 644. The number of halogens is 1. The van der Waals surface area contributed by atoms with E-state index in [4.69, 9.17) is 11.6 Å². The van der Waals surface area contributed by atoms with Gasteiger partial charge in [0.05, 0.1) is 16.5 Å². The number of rotatable bonds is 4. The number of anilines is 1. The van der Waals surface area contributed by atoms with Crippen molar-refractivity contribution >= 4 is 23.0 Å². The lowest BCUT2D eigenvalue weighted by Crippen LogP contribution is -2.09. The highest BCUT2D eigenvalue weighted by Crippen LogP contribution is 2.29. The van der Waals surface area contributed by atoms with Crippen LogP contribution in [0.15, 0.2) is 42.5 Å². The fourth-order valence-electron chi connectivity index (χ4n) is 2.12. The Balaban J connectivity index is 2.28. The van der Waals surface area contributed by atoms with Crippen molar-refractivity contribution in [3.63, 3.8) is 0 Å². The molecule has 104 valence electrons. The first-order chi connectivity index (χ1) is 9.49. The average molecular weight is 291 g/mol. The van der Waals surface area contributed by atoms with Gasteiger partial charge in [0.1, 0.15) is 0 Å². The zero-order valence-electron chi connectivity index (χ0n) is 11.3. The van der Waals surface area contributed by atoms with Gasteiger partial charge in [0.2, 0.25) is 0 Å². The number of benzene rings is 2. The van der Waals surface area contributed by atoms with Gasteiger partial charge in [0.15, 0.2) is 0 Å². The quantitative estimate of drug-likeness (QED) is 0.654. The third kappa shape index (κ3) is 3.08. The lowest BCUT2D eigenvalue weighted by Gasteiger charge is -2.17. The lowest BCUT2D eigenvalue weighted by atomic mass is 10.1. The number of aryl methyl sites for hydroxylation is 1. The SMILES string of the molecule is Cc1cc(Cl)ccc1NC(C)c1ccccc1[N+](=O)[O-]. The van der Waals surface area contributed by atoms with Crippen molar-refractivity contribution in [3.05, 3.63) is 68.7 Å². The van der Waals surface area contributed by atoms with Crippen molar-refractivity contribution in [2.45, 2.75) is 19.9 Å². The molecule has 0 aromatic heterocycles. The Morgan fingerprint density at radius 1 is 1.25 bits per heavy atom. The molecule has 0 aliphatic heterocycles. The zero-order chi connectivity index (χ0) is 14.7. The number of nitrogens with one attached hydrogen (secondary N) is 1. The molecule has 0 saturated carbocycles. The second-order valence-corrected chi connectivity index (χ2v) is 5.08. The minimum atomic E-state index is -0.359. The molecular weight excluding hydrogens is 276 g/mol. The van der Waals surface area contributed by atoms with Gasteiger partial charge in [0, 0.05) is 16.8 Å². The Morgan fingerprint density at radius 3 is 2.60 bits per heavy atom. The van der Waals surface area contributed by atoms with E-state index in [1.807, 2.05) is 26.0 Å². The van der Waals surface area contributed by atoms with Gasteiger partial charge in [-0.05, 0) is 37.6 Å². The van der Waals surface area contributed by atoms with E-state index < -0.39 is 0 Å². The van der Waals surface area contributed by atoms with Gasteiger partial charge in [0.25, 0.3) is 5.69 Å². The second-order valence-electron chi connectivity index (χ2n) is 4.64. The summed E-state index contributed by atoms with van der Waals surface area (Å²) in [5, 5.41) is 15.0. The van der Waals surface area contributed by atoms with Crippen LogP contribution in [0.3, 0.4) is 0 Å². The molecule has 0 bridgehead atoms. The summed E-state index contributed by atoms with van der Waals surface area (Å²) in [5.74, 6) is 0. The molecule has 2 aromatic rings. The van der Waals surface area contributed by atoms with Crippen molar-refractivity contribution in [2.24, 2.45) is 0 Å². The summed E-state index contributed by atoms with van der Waals surface area (Å²) in [6, 6.07) is 12.1. The summed E-state index contributed by atoms with van der Waals surface area (Å²) in [5.41, 5.74) is 2.70. The summed E-state index contributed by atoms with van der Waals surface area (Å²) in [6.07, 6.45) is 0. The minimum Gasteiger partial charge on any atom is -0.378 e. The standard InChI is InChI=1S/C15H15ClN2O2/c1-10-9-12(16)7-8-14(10)17-11(2)13-5-3-4-6-15(13)18(19)20/h3-9,11,17H,1-2H3. The predicted octanol–water partition coefficient (Wildman–Crippen LogP) is 4.73. The minimum absolute atomic E-state index is 0.124. The van der Waals surface area contributed by atoms with Crippen molar-refractivity contribution in [1.82, 2.24) is 0 Å². The Hall–Kier alpha value is -2.07. The lowest BCUT2D eigenvalue weighted by molar-refractivity contribution is -0.385. The van der Waals surface area contributed by atoms with Crippen LogP contribution >= 0.6 is 11.6 Å². The Morgan fingerprint density at radius 2 is 1.95 bits per heavy atom. The predicted molar refractivity (Wildman–Crippen MR) is 81.3 cm³/mol. The van der Waals surface area contributed by atoms with Crippen LogP contribution in [0.4, 0.5) is 11.4 Å². The molecule has 1 atom stereocenters. The monoisotopic (exact) mass is 290 g/mol. The van der Waals surface area contributed by atoms with E-state index in [-0.39, 0.29) is 16.7 Å². The normalized spacial score (nSPS) is 11.9. The highest BCUT2D eigenvalue weighted by Gasteiger charge is 2.18. The molecule has 0 radical (unpaired) electrons. The molecule has 0 aliphatic rings. The number of nitro benzene ring substituents is 1. The molecule has 0 spiro atoms. The highest BCUT2D eigenvalue weighted by atomic mass is 35.5. The third-order valence-corrected chi connectivity index (χ3v) is 3.40. The van der Waals surface area contributed by atoms with Crippen LogP contribution in [-0.4, -0.2) is 4.92 Å². The maximum absolute atomic E-state index is 11.1. The van der Waals surface area contributed by atoms with Gasteiger partial charge in [-0.1, -0.05) is 29.8 Å².